The summed E-state index contributed by atoms with van der Waals surface area (Å²) in [4.78, 5) is 4.70. The van der Waals surface area contributed by atoms with Crippen LogP contribution in [-0.4, -0.2) is 23.0 Å². The molecule has 1 saturated carbocycles. The predicted octanol–water partition coefficient (Wildman–Crippen LogP) is 2.26. The van der Waals surface area contributed by atoms with E-state index in [0.29, 0.717) is 12.1 Å². The van der Waals surface area contributed by atoms with E-state index < -0.39 is 0 Å². The summed E-state index contributed by atoms with van der Waals surface area (Å²) in [6, 6.07) is 1.31. The van der Waals surface area contributed by atoms with Crippen LogP contribution in [0.4, 0.5) is 0 Å². The molecule has 0 aromatic carbocycles. The average Bonchev–Trinajstić information content (AvgIpc) is 2.82. The van der Waals surface area contributed by atoms with Crippen LogP contribution in [0.1, 0.15) is 33.1 Å². The lowest BCUT2D eigenvalue weighted by molar-refractivity contribution is 0.570. The Labute approximate surface area is 84.6 Å². The minimum atomic E-state index is 0.630. The quantitative estimate of drug-likeness (QED) is 0.736. The van der Waals surface area contributed by atoms with Crippen LogP contribution < -0.4 is 5.32 Å². The Morgan fingerprint density at radius 3 is 3.00 bits per heavy atom. The fraction of sp³-hybridized carbons (Fsp3) is 0.900. The maximum atomic E-state index is 4.70. The van der Waals surface area contributed by atoms with E-state index in [2.05, 4.69) is 19.2 Å². The van der Waals surface area contributed by atoms with Crippen LogP contribution in [0.3, 0.4) is 0 Å². The Hall–Kier alpha value is -0.180. The highest BCUT2D eigenvalue weighted by Gasteiger charge is 2.33. The van der Waals surface area contributed by atoms with Crippen LogP contribution in [0.5, 0.6) is 0 Å². The lowest BCUT2D eigenvalue weighted by atomic mass is 10.2. The van der Waals surface area contributed by atoms with Gasteiger partial charge in [-0.05, 0) is 25.2 Å². The summed E-state index contributed by atoms with van der Waals surface area (Å²) in [6.45, 7) is 4.52. The molecule has 3 heteroatoms. The van der Waals surface area contributed by atoms with Crippen LogP contribution in [0.2, 0.25) is 0 Å². The molecule has 0 aromatic heterocycles. The van der Waals surface area contributed by atoms with E-state index in [9.17, 15) is 0 Å². The number of aliphatic imine (C=N–C) groups is 1. The van der Waals surface area contributed by atoms with E-state index >= 15 is 0 Å². The highest BCUT2D eigenvalue weighted by molar-refractivity contribution is 8.13. The van der Waals surface area contributed by atoms with Crippen LogP contribution in [-0.2, 0) is 0 Å². The third kappa shape index (κ3) is 2.39. The number of hydrogen-bond acceptors (Lipinski definition) is 2. The second-order valence-corrected chi connectivity index (χ2v) is 5.18. The summed E-state index contributed by atoms with van der Waals surface area (Å²) in [5, 5.41) is 4.71. The summed E-state index contributed by atoms with van der Waals surface area (Å²) < 4.78 is 0. The van der Waals surface area contributed by atoms with E-state index in [1.807, 2.05) is 11.8 Å². The molecule has 1 aliphatic heterocycles. The Balaban J connectivity index is 1.88. The van der Waals surface area contributed by atoms with Crippen molar-refractivity contribution in [2.75, 3.05) is 5.75 Å². The third-order valence-corrected chi connectivity index (χ3v) is 3.81. The van der Waals surface area contributed by atoms with E-state index in [0.717, 1.165) is 5.92 Å². The van der Waals surface area contributed by atoms with E-state index in [-0.39, 0.29) is 0 Å². The van der Waals surface area contributed by atoms with E-state index in [1.54, 1.807) is 0 Å². The molecule has 0 bridgehead atoms. The molecule has 1 N–H and O–H groups in total. The van der Waals surface area contributed by atoms with Gasteiger partial charge in [-0.2, -0.15) is 0 Å². The first-order valence-electron chi connectivity index (χ1n) is 5.26. The van der Waals surface area contributed by atoms with Gasteiger partial charge in [-0.15, -0.1) is 0 Å². The van der Waals surface area contributed by atoms with Gasteiger partial charge < -0.3 is 5.32 Å². The van der Waals surface area contributed by atoms with Gasteiger partial charge in [0.15, 0.2) is 5.17 Å². The standard InChI is InChI=1S/C10H18N2S/c1-3-8-4-5-13-10(11-8)12-9-6-7(9)2/h7-9H,3-6H2,1-2H3,(H,11,12). The van der Waals surface area contributed by atoms with Crippen molar-refractivity contribution in [3.8, 4) is 0 Å². The minimum absolute atomic E-state index is 0.630. The topological polar surface area (TPSA) is 24.4 Å². The molecule has 0 aromatic rings. The highest BCUT2D eigenvalue weighted by Crippen LogP contribution is 2.34. The molecule has 2 nitrogen and oxygen atoms in total. The van der Waals surface area contributed by atoms with Gasteiger partial charge in [0.05, 0.1) is 6.04 Å². The fourth-order valence-corrected chi connectivity index (χ4v) is 2.66. The van der Waals surface area contributed by atoms with Crippen molar-refractivity contribution in [1.29, 1.82) is 0 Å². The Bertz CT molecular complexity index is 215. The lowest BCUT2D eigenvalue weighted by Gasteiger charge is -2.24. The molecule has 2 fully saturated rings. The first-order chi connectivity index (χ1) is 6.29. The molecule has 0 radical (unpaired) electrons. The Morgan fingerprint density at radius 1 is 1.62 bits per heavy atom. The molecule has 0 amide bonds. The summed E-state index contributed by atoms with van der Waals surface area (Å²) in [5.41, 5.74) is 0. The molecule has 2 rings (SSSR count). The largest absolute Gasteiger partial charge is 0.362 e. The van der Waals surface area contributed by atoms with Crippen molar-refractivity contribution < 1.29 is 0 Å². The number of nitrogens with zero attached hydrogens (tertiary/aromatic N) is 1. The zero-order chi connectivity index (χ0) is 9.26. The molecule has 13 heavy (non-hydrogen) atoms. The number of thioether (sulfide) groups is 1. The van der Waals surface area contributed by atoms with Crippen molar-refractivity contribution >= 4 is 16.9 Å². The normalized spacial score (nSPS) is 41.7. The van der Waals surface area contributed by atoms with Crippen molar-refractivity contribution in [3.05, 3.63) is 0 Å². The molecule has 1 aliphatic carbocycles. The summed E-state index contributed by atoms with van der Waals surface area (Å²) >= 11 is 1.89. The minimum Gasteiger partial charge on any atom is -0.362 e. The van der Waals surface area contributed by atoms with Crippen LogP contribution in [0, 0.1) is 5.92 Å². The molecule has 2 aliphatic rings. The summed E-state index contributed by atoms with van der Waals surface area (Å²) in [6.07, 6.45) is 3.81. The maximum Gasteiger partial charge on any atom is 0.157 e. The summed E-state index contributed by atoms with van der Waals surface area (Å²) in [7, 11) is 0. The Morgan fingerprint density at radius 2 is 2.38 bits per heavy atom. The zero-order valence-electron chi connectivity index (χ0n) is 8.42. The number of hydrogen-bond donors (Lipinski definition) is 1. The number of amidine groups is 1. The lowest BCUT2D eigenvalue weighted by Crippen LogP contribution is -2.37. The Kier molecular flexibility index (Phi) is 2.82. The highest BCUT2D eigenvalue weighted by atomic mass is 32.2. The van der Waals surface area contributed by atoms with E-state index in [1.165, 1.54) is 30.2 Å². The van der Waals surface area contributed by atoms with Gasteiger partial charge in [-0.1, -0.05) is 25.6 Å². The van der Waals surface area contributed by atoms with Crippen molar-refractivity contribution in [3.63, 3.8) is 0 Å². The SMILES string of the molecule is CCC1CCSC(=NC2CC2C)N1. The predicted molar refractivity (Wildman–Crippen MR) is 59.3 cm³/mol. The fourth-order valence-electron chi connectivity index (χ4n) is 1.60. The van der Waals surface area contributed by atoms with Gasteiger partial charge >= 0.3 is 0 Å². The monoisotopic (exact) mass is 198 g/mol. The second-order valence-electron chi connectivity index (χ2n) is 4.10. The van der Waals surface area contributed by atoms with Crippen LogP contribution in [0.25, 0.3) is 0 Å². The van der Waals surface area contributed by atoms with Crippen molar-refractivity contribution in [1.82, 2.24) is 5.32 Å². The molecular formula is C10H18N2S. The third-order valence-electron chi connectivity index (χ3n) is 2.88. The first kappa shape index (κ1) is 9.38. The zero-order valence-corrected chi connectivity index (χ0v) is 9.23. The maximum absolute atomic E-state index is 4.70. The van der Waals surface area contributed by atoms with E-state index in [4.69, 9.17) is 4.99 Å². The van der Waals surface area contributed by atoms with Gasteiger partial charge in [0.2, 0.25) is 0 Å². The van der Waals surface area contributed by atoms with Crippen molar-refractivity contribution in [2.45, 2.75) is 45.2 Å². The van der Waals surface area contributed by atoms with Gasteiger partial charge in [0.25, 0.3) is 0 Å². The van der Waals surface area contributed by atoms with Crippen molar-refractivity contribution in [2.24, 2.45) is 10.9 Å². The van der Waals surface area contributed by atoms with Crippen LogP contribution >= 0.6 is 11.8 Å². The molecule has 3 unspecified atom stereocenters. The number of rotatable bonds is 2. The smallest absolute Gasteiger partial charge is 0.157 e. The van der Waals surface area contributed by atoms with Gasteiger partial charge in [0.1, 0.15) is 0 Å². The van der Waals surface area contributed by atoms with Gasteiger partial charge in [-0.3, -0.25) is 4.99 Å². The first-order valence-corrected chi connectivity index (χ1v) is 6.25. The van der Waals surface area contributed by atoms with Gasteiger partial charge in [-0.25, -0.2) is 0 Å². The number of nitrogens with one attached hydrogen (secondary N) is 1. The van der Waals surface area contributed by atoms with Gasteiger partial charge in [0, 0.05) is 11.8 Å². The van der Waals surface area contributed by atoms with Crippen LogP contribution in [0.15, 0.2) is 4.99 Å². The molecule has 3 atom stereocenters. The molecule has 1 saturated heterocycles. The molecule has 74 valence electrons. The average molecular weight is 198 g/mol. The summed E-state index contributed by atoms with van der Waals surface area (Å²) in [5.74, 6) is 2.07. The second kappa shape index (κ2) is 3.91. The molecular weight excluding hydrogens is 180 g/mol. The molecule has 1 heterocycles. The molecule has 0 spiro atoms.